The first-order valence-corrected chi connectivity index (χ1v) is 6.37. The summed E-state index contributed by atoms with van der Waals surface area (Å²) in [6.07, 6.45) is 1.91. The Bertz CT molecular complexity index is 459. The van der Waals surface area contributed by atoms with Crippen LogP contribution < -0.4 is 0 Å². The molecule has 0 N–H and O–H groups in total. The Morgan fingerprint density at radius 1 is 1.05 bits per heavy atom. The van der Waals surface area contributed by atoms with Crippen LogP contribution in [0.2, 0.25) is 0 Å². The Balaban J connectivity index is 3.10. The Hall–Kier alpha value is -1.78. The van der Waals surface area contributed by atoms with E-state index in [4.69, 9.17) is 9.15 Å². The number of rotatable bonds is 6. The standard InChI is InChI=1S/C14H20O5/c1-5-9-10(6-2)19-11(7-8-12(15)17-3)13(9)14(16)18-4/h5-8H2,1-4H3. The number of aryl methyl sites for hydroxylation is 2. The number of furan rings is 1. The van der Waals surface area contributed by atoms with E-state index in [1.54, 1.807) is 0 Å². The van der Waals surface area contributed by atoms with E-state index in [9.17, 15) is 9.59 Å². The Kier molecular flexibility index (Phi) is 5.60. The summed E-state index contributed by atoms with van der Waals surface area (Å²) in [5.41, 5.74) is 1.33. The lowest BCUT2D eigenvalue weighted by Crippen LogP contribution is -2.08. The molecule has 0 saturated heterocycles. The Labute approximate surface area is 112 Å². The molecule has 0 saturated carbocycles. The lowest BCUT2D eigenvalue weighted by atomic mass is 10.0. The number of carbonyl (C=O) groups is 2. The van der Waals surface area contributed by atoms with E-state index in [1.807, 2.05) is 13.8 Å². The highest BCUT2D eigenvalue weighted by atomic mass is 16.5. The van der Waals surface area contributed by atoms with E-state index in [1.165, 1.54) is 14.2 Å². The van der Waals surface area contributed by atoms with Crippen LogP contribution in [0.1, 0.15) is 47.7 Å². The molecule has 0 fully saturated rings. The zero-order valence-electron chi connectivity index (χ0n) is 11.9. The summed E-state index contributed by atoms with van der Waals surface area (Å²) in [6.45, 7) is 3.92. The van der Waals surface area contributed by atoms with Crippen molar-refractivity contribution in [3.8, 4) is 0 Å². The molecule has 0 amide bonds. The van der Waals surface area contributed by atoms with Crippen molar-refractivity contribution in [2.75, 3.05) is 14.2 Å². The highest BCUT2D eigenvalue weighted by molar-refractivity contribution is 5.92. The van der Waals surface area contributed by atoms with Gasteiger partial charge in [-0.3, -0.25) is 4.79 Å². The maximum Gasteiger partial charge on any atom is 0.341 e. The summed E-state index contributed by atoms with van der Waals surface area (Å²) < 4.78 is 15.1. The van der Waals surface area contributed by atoms with Crippen molar-refractivity contribution in [3.05, 3.63) is 22.6 Å². The van der Waals surface area contributed by atoms with Gasteiger partial charge in [-0.25, -0.2) is 4.79 Å². The number of carbonyl (C=O) groups excluding carboxylic acids is 2. The van der Waals surface area contributed by atoms with Crippen LogP contribution in [-0.2, 0) is 33.5 Å². The van der Waals surface area contributed by atoms with Gasteiger partial charge in [0.1, 0.15) is 17.1 Å². The smallest absolute Gasteiger partial charge is 0.341 e. The molecule has 1 aromatic rings. The second-order valence-electron chi connectivity index (χ2n) is 4.08. The van der Waals surface area contributed by atoms with Crippen LogP contribution in [0.3, 0.4) is 0 Å². The largest absolute Gasteiger partial charge is 0.469 e. The van der Waals surface area contributed by atoms with E-state index in [0.717, 1.165) is 11.3 Å². The van der Waals surface area contributed by atoms with Crippen molar-refractivity contribution in [2.24, 2.45) is 0 Å². The molecule has 0 aliphatic heterocycles. The van der Waals surface area contributed by atoms with Crippen molar-refractivity contribution >= 4 is 11.9 Å². The van der Waals surface area contributed by atoms with Gasteiger partial charge in [-0.1, -0.05) is 13.8 Å². The number of hydrogen-bond acceptors (Lipinski definition) is 5. The van der Waals surface area contributed by atoms with E-state index >= 15 is 0 Å². The van der Waals surface area contributed by atoms with E-state index < -0.39 is 5.97 Å². The van der Waals surface area contributed by atoms with Crippen molar-refractivity contribution < 1.29 is 23.5 Å². The fraction of sp³-hybridized carbons (Fsp3) is 0.571. The van der Waals surface area contributed by atoms with Crippen LogP contribution in [0.15, 0.2) is 4.42 Å². The molecule has 106 valence electrons. The average molecular weight is 268 g/mol. The third-order valence-corrected chi connectivity index (χ3v) is 3.01. The normalized spacial score (nSPS) is 10.3. The molecule has 0 unspecified atom stereocenters. The molecule has 0 aliphatic rings. The zero-order valence-corrected chi connectivity index (χ0v) is 11.9. The molecule has 0 aromatic carbocycles. The van der Waals surface area contributed by atoms with Gasteiger partial charge in [0.2, 0.25) is 0 Å². The fourth-order valence-electron chi connectivity index (χ4n) is 2.06. The quantitative estimate of drug-likeness (QED) is 0.741. The lowest BCUT2D eigenvalue weighted by Gasteiger charge is -2.02. The monoisotopic (exact) mass is 268 g/mol. The maximum atomic E-state index is 11.9. The predicted octanol–water partition coefficient (Wildman–Crippen LogP) is 2.30. The van der Waals surface area contributed by atoms with Crippen LogP contribution in [0, 0.1) is 0 Å². The molecule has 5 nitrogen and oxygen atoms in total. The van der Waals surface area contributed by atoms with Crippen molar-refractivity contribution in [1.82, 2.24) is 0 Å². The van der Waals surface area contributed by atoms with Crippen LogP contribution in [0.4, 0.5) is 0 Å². The van der Waals surface area contributed by atoms with Crippen molar-refractivity contribution in [3.63, 3.8) is 0 Å². The van der Waals surface area contributed by atoms with Gasteiger partial charge in [-0.2, -0.15) is 0 Å². The van der Waals surface area contributed by atoms with Crippen LogP contribution in [-0.4, -0.2) is 26.2 Å². The number of esters is 2. The predicted molar refractivity (Wildman–Crippen MR) is 69.1 cm³/mol. The van der Waals surface area contributed by atoms with Gasteiger partial charge in [0.25, 0.3) is 0 Å². The van der Waals surface area contributed by atoms with E-state index in [2.05, 4.69) is 4.74 Å². The van der Waals surface area contributed by atoms with Gasteiger partial charge in [-0.15, -0.1) is 0 Å². The SMILES string of the molecule is CCc1oc(CCC(=O)OC)c(C(=O)OC)c1CC. The Morgan fingerprint density at radius 3 is 2.21 bits per heavy atom. The Morgan fingerprint density at radius 2 is 1.74 bits per heavy atom. The first-order valence-electron chi connectivity index (χ1n) is 6.37. The second kappa shape index (κ2) is 6.97. The van der Waals surface area contributed by atoms with Gasteiger partial charge in [0.15, 0.2) is 0 Å². The van der Waals surface area contributed by atoms with Gasteiger partial charge < -0.3 is 13.9 Å². The third-order valence-electron chi connectivity index (χ3n) is 3.01. The van der Waals surface area contributed by atoms with E-state index in [-0.39, 0.29) is 12.4 Å². The molecule has 5 heteroatoms. The highest BCUT2D eigenvalue weighted by Gasteiger charge is 2.24. The summed E-state index contributed by atoms with van der Waals surface area (Å²) in [5.74, 6) is 0.539. The van der Waals surface area contributed by atoms with Crippen LogP contribution in [0.5, 0.6) is 0 Å². The molecular formula is C14H20O5. The molecule has 0 radical (unpaired) electrons. The highest BCUT2D eigenvalue weighted by Crippen LogP contribution is 2.26. The average Bonchev–Trinajstić information content (AvgIpc) is 2.81. The van der Waals surface area contributed by atoms with E-state index in [0.29, 0.717) is 30.6 Å². The topological polar surface area (TPSA) is 65.7 Å². The van der Waals surface area contributed by atoms with Crippen molar-refractivity contribution in [2.45, 2.75) is 39.5 Å². The third kappa shape index (κ3) is 3.36. The lowest BCUT2D eigenvalue weighted by molar-refractivity contribution is -0.140. The van der Waals surface area contributed by atoms with Crippen LogP contribution >= 0.6 is 0 Å². The van der Waals surface area contributed by atoms with Crippen molar-refractivity contribution in [1.29, 1.82) is 0 Å². The summed E-state index contributed by atoms with van der Waals surface area (Å²) in [6, 6.07) is 0. The van der Waals surface area contributed by atoms with Gasteiger partial charge in [-0.05, 0) is 6.42 Å². The molecule has 1 aromatic heterocycles. The zero-order chi connectivity index (χ0) is 14.4. The van der Waals surface area contributed by atoms with Crippen LogP contribution in [0.25, 0.3) is 0 Å². The molecule has 0 atom stereocenters. The molecule has 0 aliphatic carbocycles. The fourth-order valence-corrected chi connectivity index (χ4v) is 2.06. The minimum Gasteiger partial charge on any atom is -0.469 e. The van der Waals surface area contributed by atoms with Gasteiger partial charge >= 0.3 is 11.9 Å². The van der Waals surface area contributed by atoms with Gasteiger partial charge in [0, 0.05) is 18.4 Å². The summed E-state index contributed by atoms with van der Waals surface area (Å²) in [7, 11) is 2.67. The number of hydrogen-bond donors (Lipinski definition) is 0. The summed E-state index contributed by atoms with van der Waals surface area (Å²) in [4.78, 5) is 23.0. The van der Waals surface area contributed by atoms with Gasteiger partial charge in [0.05, 0.1) is 20.6 Å². The molecular weight excluding hydrogens is 248 g/mol. The second-order valence-corrected chi connectivity index (χ2v) is 4.08. The molecule has 1 rings (SSSR count). The summed E-state index contributed by atoms with van der Waals surface area (Å²) >= 11 is 0. The minimum absolute atomic E-state index is 0.181. The first-order chi connectivity index (χ1) is 9.08. The molecule has 19 heavy (non-hydrogen) atoms. The number of methoxy groups -OCH3 is 2. The molecule has 1 heterocycles. The summed E-state index contributed by atoms with van der Waals surface area (Å²) in [5, 5.41) is 0. The number of ether oxygens (including phenoxy) is 2. The first kappa shape index (κ1) is 15.3. The molecule has 0 bridgehead atoms. The molecule has 0 spiro atoms. The maximum absolute atomic E-state index is 11.9. The minimum atomic E-state index is -0.417.